The zero-order valence-electron chi connectivity index (χ0n) is 10.5. The zero-order valence-corrected chi connectivity index (χ0v) is 12.1. The molecule has 2 aromatic heterocycles. The normalized spacial score (nSPS) is 11.6. The highest BCUT2D eigenvalue weighted by atomic mass is 35.5. The van der Waals surface area contributed by atoms with E-state index < -0.39 is 18.3 Å². The van der Waals surface area contributed by atoms with Crippen molar-refractivity contribution in [3.05, 3.63) is 38.2 Å². The van der Waals surface area contributed by atoms with Crippen LogP contribution < -0.4 is 10.9 Å². The maximum atomic E-state index is 12.2. The van der Waals surface area contributed by atoms with Gasteiger partial charge in [0.2, 0.25) is 0 Å². The summed E-state index contributed by atoms with van der Waals surface area (Å²) in [7, 11) is 0. The first kappa shape index (κ1) is 15.8. The topological polar surface area (TPSA) is 59.8 Å². The lowest BCUT2D eigenvalue weighted by Crippen LogP contribution is -2.31. The molecule has 2 heterocycles. The number of nitrogens with one attached hydrogen (secondary N) is 1. The Bertz CT molecular complexity index is 656. The minimum atomic E-state index is -4.53. The van der Waals surface area contributed by atoms with Gasteiger partial charge in [-0.1, -0.05) is 11.6 Å². The van der Waals surface area contributed by atoms with E-state index in [9.17, 15) is 18.0 Å². The molecule has 21 heavy (non-hydrogen) atoms. The molecule has 0 radical (unpaired) electrons. The molecule has 1 N–H and O–H groups in total. The zero-order chi connectivity index (χ0) is 15.5. The van der Waals surface area contributed by atoms with Gasteiger partial charge in [-0.05, 0) is 0 Å². The van der Waals surface area contributed by atoms with Gasteiger partial charge in [0.1, 0.15) is 11.6 Å². The van der Waals surface area contributed by atoms with Gasteiger partial charge in [0, 0.05) is 18.3 Å². The van der Waals surface area contributed by atoms with Crippen LogP contribution in [0.15, 0.2) is 21.9 Å². The second kappa shape index (κ2) is 6.44. The summed E-state index contributed by atoms with van der Waals surface area (Å²) in [5.74, 6) is 0. The molecule has 10 heteroatoms. The van der Waals surface area contributed by atoms with Gasteiger partial charge in [0.15, 0.2) is 0 Å². The summed E-state index contributed by atoms with van der Waals surface area (Å²) in [5.41, 5.74) is 1.80. The molecule has 0 unspecified atom stereocenters. The van der Waals surface area contributed by atoms with E-state index in [0.717, 1.165) is 11.9 Å². The van der Waals surface area contributed by atoms with Gasteiger partial charge >= 0.3 is 6.18 Å². The van der Waals surface area contributed by atoms with Crippen LogP contribution in [-0.4, -0.2) is 27.5 Å². The minimum Gasteiger partial charge on any atom is -0.382 e. The van der Waals surface area contributed by atoms with Gasteiger partial charge < -0.3 is 5.32 Å². The monoisotopic (exact) mass is 338 g/mol. The lowest BCUT2D eigenvalue weighted by atomic mass is 10.3. The van der Waals surface area contributed by atoms with Crippen LogP contribution >= 0.6 is 22.9 Å². The second-order valence-electron chi connectivity index (χ2n) is 4.11. The molecular weight excluding hydrogens is 329 g/mol. The highest BCUT2D eigenvalue weighted by molar-refractivity contribution is 7.07. The van der Waals surface area contributed by atoms with E-state index in [2.05, 4.69) is 15.4 Å². The molecule has 2 aromatic rings. The van der Waals surface area contributed by atoms with Gasteiger partial charge in [0.25, 0.3) is 5.56 Å². The SMILES string of the molecule is O=c1c(Cl)c(NCCc2cscn2)cnn1CC(F)(F)F. The fraction of sp³-hybridized carbons (Fsp3) is 0.364. The lowest BCUT2D eigenvalue weighted by molar-refractivity contribution is -0.143. The number of thiazole rings is 1. The van der Waals surface area contributed by atoms with Crippen molar-refractivity contribution in [2.45, 2.75) is 19.1 Å². The summed E-state index contributed by atoms with van der Waals surface area (Å²) in [6.07, 6.45) is -2.82. The molecule has 114 valence electrons. The maximum absolute atomic E-state index is 12.2. The number of nitrogens with zero attached hydrogens (tertiary/aromatic N) is 3. The van der Waals surface area contributed by atoms with E-state index in [-0.39, 0.29) is 15.4 Å². The van der Waals surface area contributed by atoms with Crippen molar-refractivity contribution in [3.63, 3.8) is 0 Å². The third-order valence-corrected chi connectivity index (χ3v) is 3.49. The maximum Gasteiger partial charge on any atom is 0.408 e. The molecule has 0 amide bonds. The van der Waals surface area contributed by atoms with Gasteiger partial charge in [-0.25, -0.2) is 9.67 Å². The summed E-state index contributed by atoms with van der Waals surface area (Å²) in [6.45, 7) is -1.03. The van der Waals surface area contributed by atoms with E-state index in [4.69, 9.17) is 11.6 Å². The van der Waals surface area contributed by atoms with Crippen LogP contribution in [0, 0.1) is 0 Å². The van der Waals surface area contributed by atoms with Crippen LogP contribution in [0.3, 0.4) is 0 Å². The number of aromatic nitrogens is 3. The van der Waals surface area contributed by atoms with Crippen LogP contribution in [0.1, 0.15) is 5.69 Å². The first-order valence-electron chi connectivity index (χ1n) is 5.80. The molecule has 0 aromatic carbocycles. The number of anilines is 1. The van der Waals surface area contributed by atoms with Gasteiger partial charge in [-0.3, -0.25) is 4.79 Å². The Morgan fingerprint density at radius 3 is 2.81 bits per heavy atom. The Morgan fingerprint density at radius 1 is 1.43 bits per heavy atom. The smallest absolute Gasteiger partial charge is 0.382 e. The van der Waals surface area contributed by atoms with Crippen molar-refractivity contribution in [2.75, 3.05) is 11.9 Å². The third kappa shape index (κ3) is 4.43. The van der Waals surface area contributed by atoms with E-state index in [0.29, 0.717) is 13.0 Å². The molecule has 0 fully saturated rings. The van der Waals surface area contributed by atoms with Crippen LogP contribution in [0.5, 0.6) is 0 Å². The first-order valence-corrected chi connectivity index (χ1v) is 7.12. The fourth-order valence-electron chi connectivity index (χ4n) is 1.56. The van der Waals surface area contributed by atoms with Crippen molar-refractivity contribution < 1.29 is 13.2 Å². The number of alkyl halides is 3. The molecule has 0 aliphatic heterocycles. The summed E-state index contributed by atoms with van der Waals surface area (Å²) in [6, 6.07) is 0. The molecule has 2 rings (SSSR count). The molecule has 5 nitrogen and oxygen atoms in total. The average molecular weight is 339 g/mol. The van der Waals surface area contributed by atoms with E-state index in [1.807, 2.05) is 5.38 Å². The van der Waals surface area contributed by atoms with E-state index >= 15 is 0 Å². The van der Waals surface area contributed by atoms with Crippen LogP contribution in [0.25, 0.3) is 0 Å². The lowest BCUT2D eigenvalue weighted by Gasteiger charge is -2.11. The van der Waals surface area contributed by atoms with Gasteiger partial charge in [0.05, 0.1) is 23.1 Å². The average Bonchev–Trinajstić information content (AvgIpc) is 2.89. The standard InChI is InChI=1S/C11H10ClF3N4OS/c12-9-8(16-2-1-7-4-21-6-17-7)3-18-19(10(9)20)5-11(13,14)15/h3-4,6,16H,1-2,5H2. The molecular formula is C11H10ClF3N4OS. The number of halogens is 4. The quantitative estimate of drug-likeness (QED) is 0.910. The third-order valence-electron chi connectivity index (χ3n) is 2.49. The Labute approximate surface area is 126 Å². The predicted molar refractivity (Wildman–Crippen MR) is 73.9 cm³/mol. The molecule has 0 aliphatic rings. The summed E-state index contributed by atoms with van der Waals surface area (Å²) in [4.78, 5) is 15.8. The van der Waals surface area contributed by atoms with Gasteiger partial charge in [-0.15, -0.1) is 11.3 Å². The number of hydrogen-bond acceptors (Lipinski definition) is 5. The van der Waals surface area contributed by atoms with E-state index in [1.54, 1.807) is 5.51 Å². The van der Waals surface area contributed by atoms with Crippen molar-refractivity contribution in [1.82, 2.24) is 14.8 Å². The molecule has 0 atom stereocenters. The Kier molecular flexibility index (Phi) is 4.84. The van der Waals surface area contributed by atoms with E-state index in [1.165, 1.54) is 11.3 Å². The highest BCUT2D eigenvalue weighted by Gasteiger charge is 2.29. The van der Waals surface area contributed by atoms with Gasteiger partial charge in [-0.2, -0.15) is 18.3 Å². The number of hydrogen-bond donors (Lipinski definition) is 1. The summed E-state index contributed by atoms with van der Waals surface area (Å²) < 4.78 is 37.0. The summed E-state index contributed by atoms with van der Waals surface area (Å²) >= 11 is 7.23. The fourth-order valence-corrected chi connectivity index (χ4v) is 2.36. The second-order valence-corrected chi connectivity index (χ2v) is 5.20. The van der Waals surface area contributed by atoms with Crippen molar-refractivity contribution in [1.29, 1.82) is 0 Å². The number of rotatable bonds is 5. The van der Waals surface area contributed by atoms with Crippen LogP contribution in [0.2, 0.25) is 5.02 Å². The van der Waals surface area contributed by atoms with Crippen LogP contribution in [0.4, 0.5) is 18.9 Å². The van der Waals surface area contributed by atoms with Crippen molar-refractivity contribution in [2.24, 2.45) is 0 Å². The Balaban J connectivity index is 2.04. The Hall–Kier alpha value is -1.61. The van der Waals surface area contributed by atoms with Crippen LogP contribution in [-0.2, 0) is 13.0 Å². The molecule has 0 spiro atoms. The predicted octanol–water partition coefficient (Wildman–Crippen LogP) is 2.57. The summed E-state index contributed by atoms with van der Waals surface area (Å²) in [5, 5.41) is 7.89. The minimum absolute atomic E-state index is 0.204. The first-order chi connectivity index (χ1) is 9.87. The molecule has 0 saturated carbocycles. The molecule has 0 bridgehead atoms. The van der Waals surface area contributed by atoms with Crippen molar-refractivity contribution >= 4 is 28.6 Å². The largest absolute Gasteiger partial charge is 0.408 e. The van der Waals surface area contributed by atoms with Crippen molar-refractivity contribution in [3.8, 4) is 0 Å². The Morgan fingerprint density at radius 2 is 2.19 bits per heavy atom. The molecule has 0 aliphatic carbocycles. The highest BCUT2D eigenvalue weighted by Crippen LogP contribution is 2.19. The molecule has 0 saturated heterocycles.